The van der Waals surface area contributed by atoms with Gasteiger partial charge in [0.2, 0.25) is 0 Å². The van der Waals surface area contributed by atoms with Gasteiger partial charge in [-0.2, -0.15) is 0 Å². The van der Waals surface area contributed by atoms with Crippen LogP contribution in [0.15, 0.2) is 98.6 Å². The lowest BCUT2D eigenvalue weighted by molar-refractivity contribution is -0.205. The summed E-state index contributed by atoms with van der Waals surface area (Å²) >= 11 is 19.9. The van der Waals surface area contributed by atoms with Crippen molar-refractivity contribution in [2.24, 2.45) is 0 Å². The minimum absolute atomic E-state index is 0. The third kappa shape index (κ3) is 20.7. The number of aromatic nitrogens is 8. The minimum Gasteiger partial charge on any atom is -0.403 e. The van der Waals surface area contributed by atoms with Gasteiger partial charge < -0.3 is 77.9 Å². The highest BCUT2D eigenvalue weighted by Gasteiger charge is 2.62. The number of phosphoric ester groups is 4. The van der Waals surface area contributed by atoms with Crippen molar-refractivity contribution in [1.29, 1.82) is 0 Å². The smallest absolute Gasteiger partial charge is 0.403 e. The fourth-order valence-electron chi connectivity index (χ4n) is 13.9. The van der Waals surface area contributed by atoms with E-state index < -0.39 is 182 Å². The average molecular weight is 1980 g/mol. The number of aryl methyl sites for hydroxylation is 11. The monoisotopic (exact) mass is 1980 g/mol. The number of alkyl halides is 4. The average Bonchev–Trinajstić information content (AvgIpc) is 1.55. The summed E-state index contributed by atoms with van der Waals surface area (Å²) in [6.07, 6.45) is -22.4. The van der Waals surface area contributed by atoms with Crippen molar-refractivity contribution in [2.45, 2.75) is 200 Å². The van der Waals surface area contributed by atoms with E-state index >= 15 is 17.6 Å². The van der Waals surface area contributed by atoms with Gasteiger partial charge in [0.1, 0.15) is 98.2 Å². The normalized spacial score (nSPS) is 33.8. The van der Waals surface area contributed by atoms with Gasteiger partial charge in [0.25, 0.3) is 45.7 Å². The first-order chi connectivity index (χ1) is 61.5. The number of hydrogen-bond acceptors (Lipinski definition) is 36. The van der Waals surface area contributed by atoms with Gasteiger partial charge in [0.05, 0.1) is 34.7 Å². The second kappa shape index (κ2) is 37.9. The Morgan fingerprint density at radius 1 is 0.406 bits per heavy atom. The lowest BCUT2D eigenvalue weighted by Crippen LogP contribution is -2.43. The second-order valence-electron chi connectivity index (χ2n) is 30.3. The number of nitrogens with one attached hydrogen (secondary N) is 4. The van der Waals surface area contributed by atoms with E-state index in [1.165, 1.54) is 27.0 Å². The maximum absolute atomic E-state index is 16.0. The number of aromatic amines is 4. The molecule has 4 aromatic heterocycles. The third-order valence-electron chi connectivity index (χ3n) is 20.1. The molecule has 20 atom stereocenters. The number of phosphoric acid groups is 4. The Balaban J connectivity index is 0.000000161. The van der Waals surface area contributed by atoms with E-state index in [4.69, 9.17) is 130 Å². The molecule has 53 heteroatoms. The number of hydrogen-bond donors (Lipinski definition) is 12. The molecule has 16 rings (SSSR count). The van der Waals surface area contributed by atoms with Crippen LogP contribution >= 0.6 is 92.6 Å². The van der Waals surface area contributed by atoms with E-state index in [2.05, 4.69) is 19.9 Å². The van der Waals surface area contributed by atoms with Crippen LogP contribution in [0.3, 0.4) is 0 Å². The zero-order valence-electron chi connectivity index (χ0n) is 74.5. The standard InChI is InChI=1S/3C19H22FN2O8PS.C18H20FN2O8PS.ClH/c3*1-9-4-10(2)14-12(5-9)7-27-31(26,30-14)28-8-19(20)15(24)13(23)17(29-19)22-6-11(3)16(25)21-18(22)32;1-9-5-10(2)14-11(6-9)7-26-30(25,29-14)27-8-18(19)15(24)13(23)16(28-18)21-4-3-12(22)20-17(21)31;/h3*4-6,13,15,17,23-24H,7-8H2,1-3H3,(H,21,25,32);3-6,13,15-16,23-24H,7-8H2,1-2H3,(H,20,22,31);1H/t3*13-,15+,17-,19-,31?;13-,15+,16-,18-,30?;/m1111./s1/i8D2,17D;17D;;8D2;. The van der Waals surface area contributed by atoms with E-state index in [-0.39, 0.29) is 87.1 Å². The quantitative estimate of drug-likeness (QED) is 0.0243. The van der Waals surface area contributed by atoms with E-state index in [0.717, 1.165) is 60.6 Å². The Morgan fingerprint density at radius 3 is 1.04 bits per heavy atom. The van der Waals surface area contributed by atoms with Crippen LogP contribution in [0.2, 0.25) is 0 Å². The molecule has 0 radical (unpaired) electrons. The first-order valence-corrected chi connectivity index (χ1v) is 45.1. The summed E-state index contributed by atoms with van der Waals surface area (Å²) in [4.78, 5) is 55.6. The molecule has 698 valence electrons. The van der Waals surface area contributed by atoms with Crippen LogP contribution in [0, 0.1) is 95.2 Å². The van der Waals surface area contributed by atoms with Crippen LogP contribution in [0.5, 0.6) is 23.0 Å². The first kappa shape index (κ1) is 91.1. The SMILES string of the molecule is Cc1cc(C)c2c(c1)COP(=O)(OC[C@@]1(F)O[C@@H](n3cc(C)c(=O)[nH]c3=S)[C@H](O)[C@@H]1O)O2.Cl.[2H]C([2H])(OP1(=O)OCc2cc(C)cc(C)c2O1)[C@@]1(F)O[C@@H](n2ccc(=O)[nH]c2=S)[C@H](O)[C@@H]1O.[2H]C([2H])(OP1(=O)OCc2cc(C)cc(C)c2O1)[C@@]1(F)O[C@@]([2H])(n2cc(C)c(=O)[nH]c2=S)[C@H](O)[C@@H]1O.[2H][C@@]1(n2cc(C)c(=O)[nH]c2=S)O[C@](F)(COP2(=O)OCc3cc(C)cc(C)c3O2)[C@@H](O)[C@H]1O. The van der Waals surface area contributed by atoms with Crippen LogP contribution in [-0.2, 0) is 99.8 Å². The number of halogens is 5. The van der Waals surface area contributed by atoms with Crippen molar-refractivity contribution in [1.82, 2.24) is 38.2 Å². The number of ether oxygens (including phenoxy) is 4. The van der Waals surface area contributed by atoms with Crippen molar-refractivity contribution in [3.63, 3.8) is 0 Å². The number of benzene rings is 4. The molecule has 40 nitrogen and oxygen atoms in total. The van der Waals surface area contributed by atoms with Crippen LogP contribution < -0.4 is 40.3 Å². The Labute approximate surface area is 757 Å². The van der Waals surface area contributed by atoms with Gasteiger partial charge in [-0.05, 0) is 147 Å². The van der Waals surface area contributed by atoms with Crippen molar-refractivity contribution in [2.75, 3.05) is 26.3 Å². The Morgan fingerprint density at radius 2 is 0.680 bits per heavy atom. The molecular formula is C75H87ClF4N8O32P4S4. The molecule has 0 saturated carbocycles. The van der Waals surface area contributed by atoms with Gasteiger partial charge in [-0.15, -0.1) is 12.4 Å². The summed E-state index contributed by atoms with van der Waals surface area (Å²) in [5, 5.41) is 83.0. The maximum atomic E-state index is 16.0. The first-order valence-electron chi connectivity index (χ1n) is 40.6. The number of fused-ring (bicyclic) bond motifs is 4. The number of H-pyrrole nitrogens is 4. The van der Waals surface area contributed by atoms with Gasteiger partial charge in [0.15, 0.2) is 43.9 Å². The van der Waals surface area contributed by atoms with E-state index in [9.17, 15) is 78.3 Å². The molecule has 4 aromatic carbocycles. The number of rotatable bonds is 16. The summed E-state index contributed by atoms with van der Waals surface area (Å²) < 4.78 is 248. The summed E-state index contributed by atoms with van der Waals surface area (Å²) in [7, 11) is -18.1. The van der Waals surface area contributed by atoms with Crippen LogP contribution in [0.4, 0.5) is 17.6 Å². The maximum Gasteiger partial charge on any atom is 0.530 e. The summed E-state index contributed by atoms with van der Waals surface area (Å²) in [6.45, 7) is 8.05. The zero-order valence-corrected chi connectivity index (χ0v) is 76.2. The number of aliphatic hydroxyl groups is 8. The molecule has 12 N–H and O–H groups in total. The van der Waals surface area contributed by atoms with Gasteiger partial charge in [0, 0.05) is 69.8 Å². The third-order valence-corrected chi connectivity index (χ3v) is 26.3. The molecule has 8 aromatic rings. The van der Waals surface area contributed by atoms with Crippen LogP contribution in [0.1, 0.15) is 117 Å². The molecule has 4 fully saturated rings. The van der Waals surface area contributed by atoms with Crippen molar-refractivity contribution < 1.29 is 158 Å². The fraction of sp³-hybridized carbons (Fsp3) is 0.467. The topological polar surface area (TPSA) is 529 Å². The summed E-state index contributed by atoms with van der Waals surface area (Å²) in [5.74, 6) is -13.0. The van der Waals surface area contributed by atoms with E-state index in [1.54, 1.807) is 64.1 Å². The summed E-state index contributed by atoms with van der Waals surface area (Å²) in [6, 6.07) is 15.1. The van der Waals surface area contributed by atoms with Crippen LogP contribution in [0.25, 0.3) is 0 Å². The van der Waals surface area contributed by atoms with E-state index in [1.807, 2.05) is 39.8 Å². The molecule has 8 aliphatic heterocycles. The Hall–Kier alpha value is -7.39. The molecule has 4 unspecified atom stereocenters. The van der Waals surface area contributed by atoms with Crippen molar-refractivity contribution >= 4 is 92.6 Å². The molecule has 0 bridgehead atoms. The Kier molecular flexibility index (Phi) is 27.0. The van der Waals surface area contributed by atoms with Gasteiger partial charge >= 0.3 is 31.3 Å². The second-order valence-corrected chi connectivity index (χ2v) is 38.0. The highest BCUT2D eigenvalue weighted by Crippen LogP contribution is 2.61. The van der Waals surface area contributed by atoms with Gasteiger partial charge in [-0.25, -0.2) is 35.8 Å². The number of aliphatic hydroxyl groups excluding tert-OH is 8. The molecule has 0 amide bonds. The van der Waals surface area contributed by atoms with Gasteiger partial charge in [-0.1, -0.05) is 70.8 Å². The largest absolute Gasteiger partial charge is 0.530 e. The molecule has 0 aliphatic carbocycles. The highest BCUT2D eigenvalue weighted by atomic mass is 35.5. The predicted octanol–water partition coefficient (Wildman–Crippen LogP) is 10.0. The zero-order chi connectivity index (χ0) is 98.2. The predicted molar refractivity (Wildman–Crippen MR) is 448 cm³/mol. The van der Waals surface area contributed by atoms with Crippen LogP contribution in [-0.4, -0.2) is 178 Å². The molecule has 4 saturated heterocycles. The highest BCUT2D eigenvalue weighted by molar-refractivity contribution is 7.71. The van der Waals surface area contributed by atoms with Crippen molar-refractivity contribution in [3.05, 3.63) is 223 Å². The molecule has 12 heterocycles. The number of nitrogens with zero attached hydrogens (tertiary/aromatic N) is 4. The van der Waals surface area contributed by atoms with Crippen molar-refractivity contribution in [3.8, 4) is 23.0 Å². The Bertz CT molecular complexity index is 6740. The molecule has 8 aliphatic rings. The molecular weight excluding hydrogens is 1890 g/mol. The fourth-order valence-corrected chi connectivity index (χ4v) is 19.8. The van der Waals surface area contributed by atoms with Gasteiger partial charge in [-0.3, -0.25) is 93.6 Å². The molecule has 128 heavy (non-hydrogen) atoms. The summed E-state index contributed by atoms with van der Waals surface area (Å²) in [5.41, 5.74) is 6.65. The minimum atomic E-state index is -4.81. The lowest BCUT2D eigenvalue weighted by atomic mass is 10.1. The molecule has 0 spiro atoms. The van der Waals surface area contributed by atoms with E-state index in [0.29, 0.717) is 54.8 Å². The lowest BCUT2D eigenvalue weighted by Gasteiger charge is -2.29.